The van der Waals surface area contributed by atoms with Crippen LogP contribution in [-0.4, -0.2) is 17.2 Å². The van der Waals surface area contributed by atoms with E-state index >= 15 is 0 Å². The molecule has 1 saturated carbocycles. The van der Waals surface area contributed by atoms with Crippen LogP contribution in [0.3, 0.4) is 0 Å². The van der Waals surface area contributed by atoms with Crippen molar-refractivity contribution in [3.63, 3.8) is 0 Å². The summed E-state index contributed by atoms with van der Waals surface area (Å²) in [5.41, 5.74) is 1.75. The van der Waals surface area contributed by atoms with Gasteiger partial charge in [0.05, 0.1) is 0 Å². The zero-order valence-corrected chi connectivity index (χ0v) is 12.4. The van der Waals surface area contributed by atoms with Crippen LogP contribution in [0.5, 0.6) is 5.75 Å². The highest BCUT2D eigenvalue weighted by atomic mass is 16.3. The summed E-state index contributed by atoms with van der Waals surface area (Å²) in [7, 11) is 0. The molecule has 1 fully saturated rings. The summed E-state index contributed by atoms with van der Waals surface area (Å²) < 4.78 is 0. The summed E-state index contributed by atoms with van der Waals surface area (Å²) in [4.78, 5) is 0. The molecule has 0 bridgehead atoms. The van der Waals surface area contributed by atoms with E-state index in [1.165, 1.54) is 24.8 Å². The molecule has 0 aliphatic heterocycles. The number of rotatable bonds is 5. The maximum absolute atomic E-state index is 9.27. The lowest BCUT2D eigenvalue weighted by atomic mass is 9.87. The first-order valence-electron chi connectivity index (χ1n) is 7.51. The van der Waals surface area contributed by atoms with E-state index in [0.29, 0.717) is 23.2 Å². The van der Waals surface area contributed by atoms with Crippen molar-refractivity contribution < 1.29 is 5.11 Å². The molecule has 2 rings (SSSR count). The summed E-state index contributed by atoms with van der Waals surface area (Å²) in [6.07, 6.45) is 6.24. The van der Waals surface area contributed by atoms with Gasteiger partial charge in [-0.2, -0.15) is 0 Å². The van der Waals surface area contributed by atoms with Gasteiger partial charge in [-0.05, 0) is 55.7 Å². The third kappa shape index (κ3) is 3.97. The molecule has 0 spiro atoms. The Morgan fingerprint density at radius 3 is 2.58 bits per heavy atom. The van der Waals surface area contributed by atoms with E-state index in [9.17, 15) is 5.11 Å². The molecule has 1 aromatic rings. The Kier molecular flexibility index (Phi) is 4.51. The summed E-state index contributed by atoms with van der Waals surface area (Å²) >= 11 is 0. The first-order chi connectivity index (χ1) is 8.97. The lowest BCUT2D eigenvalue weighted by Gasteiger charge is -2.31. The smallest absolute Gasteiger partial charge is 0.115 e. The minimum atomic E-state index is 0.350. The van der Waals surface area contributed by atoms with Gasteiger partial charge in [-0.15, -0.1) is 0 Å². The van der Waals surface area contributed by atoms with Gasteiger partial charge in [-0.3, -0.25) is 0 Å². The fourth-order valence-electron chi connectivity index (χ4n) is 3.11. The van der Waals surface area contributed by atoms with Gasteiger partial charge < -0.3 is 10.4 Å². The van der Waals surface area contributed by atoms with Crippen molar-refractivity contribution in [3.05, 3.63) is 29.8 Å². The number of aryl methyl sites for hydroxylation is 1. The molecule has 2 heteroatoms. The molecule has 1 aliphatic rings. The van der Waals surface area contributed by atoms with Gasteiger partial charge in [0, 0.05) is 12.1 Å². The van der Waals surface area contributed by atoms with Crippen LogP contribution < -0.4 is 5.32 Å². The molecule has 1 aliphatic carbocycles. The first kappa shape index (κ1) is 14.4. The molecular weight excluding hydrogens is 234 g/mol. The Bertz CT molecular complexity index is 396. The summed E-state index contributed by atoms with van der Waals surface area (Å²) in [6, 6.07) is 8.79. The van der Waals surface area contributed by atoms with E-state index in [2.05, 4.69) is 26.1 Å². The van der Waals surface area contributed by atoms with Crippen LogP contribution in [0.2, 0.25) is 0 Å². The van der Waals surface area contributed by atoms with Gasteiger partial charge in [0.15, 0.2) is 0 Å². The number of phenols is 1. The topological polar surface area (TPSA) is 32.3 Å². The highest BCUT2D eigenvalue weighted by Gasteiger charge is 2.34. The predicted molar refractivity (Wildman–Crippen MR) is 80.4 cm³/mol. The van der Waals surface area contributed by atoms with E-state index < -0.39 is 0 Å². The minimum Gasteiger partial charge on any atom is -0.508 e. The van der Waals surface area contributed by atoms with E-state index in [1.807, 2.05) is 12.1 Å². The molecule has 0 heterocycles. The molecule has 0 radical (unpaired) electrons. The maximum Gasteiger partial charge on any atom is 0.115 e. The average molecular weight is 261 g/mol. The SMILES string of the molecule is CC(CCc1ccc(O)cc1)NC1CCCC1(C)C. The van der Waals surface area contributed by atoms with E-state index in [0.717, 1.165) is 12.8 Å². The predicted octanol–water partition coefficient (Wildman–Crippen LogP) is 3.88. The summed E-state index contributed by atoms with van der Waals surface area (Å²) in [5.74, 6) is 0.350. The third-order valence-electron chi connectivity index (χ3n) is 4.55. The van der Waals surface area contributed by atoms with Crippen molar-refractivity contribution in [2.24, 2.45) is 5.41 Å². The quantitative estimate of drug-likeness (QED) is 0.843. The molecule has 0 amide bonds. The molecule has 2 N–H and O–H groups in total. The van der Waals surface area contributed by atoms with Gasteiger partial charge in [0.2, 0.25) is 0 Å². The fourth-order valence-corrected chi connectivity index (χ4v) is 3.11. The molecule has 0 aromatic heterocycles. The number of aromatic hydroxyl groups is 1. The molecule has 106 valence electrons. The van der Waals surface area contributed by atoms with Crippen molar-refractivity contribution in [1.29, 1.82) is 0 Å². The molecule has 19 heavy (non-hydrogen) atoms. The Morgan fingerprint density at radius 1 is 1.32 bits per heavy atom. The van der Waals surface area contributed by atoms with Crippen molar-refractivity contribution in [2.45, 2.75) is 65.0 Å². The number of nitrogens with one attached hydrogen (secondary N) is 1. The first-order valence-corrected chi connectivity index (χ1v) is 7.51. The molecule has 2 atom stereocenters. The third-order valence-corrected chi connectivity index (χ3v) is 4.55. The van der Waals surface area contributed by atoms with Gasteiger partial charge in [0.1, 0.15) is 5.75 Å². The highest BCUT2D eigenvalue weighted by molar-refractivity contribution is 5.25. The molecular formula is C17H27NO. The van der Waals surface area contributed by atoms with Crippen molar-refractivity contribution >= 4 is 0 Å². The largest absolute Gasteiger partial charge is 0.508 e. The van der Waals surface area contributed by atoms with Crippen LogP contribution in [-0.2, 0) is 6.42 Å². The lowest BCUT2D eigenvalue weighted by Crippen LogP contribution is -2.42. The summed E-state index contributed by atoms with van der Waals surface area (Å²) in [6.45, 7) is 7.05. The van der Waals surface area contributed by atoms with E-state index in [4.69, 9.17) is 0 Å². The number of hydrogen-bond donors (Lipinski definition) is 2. The Hall–Kier alpha value is -1.02. The number of benzene rings is 1. The van der Waals surface area contributed by atoms with Gasteiger partial charge in [0.25, 0.3) is 0 Å². The molecule has 1 aromatic carbocycles. The van der Waals surface area contributed by atoms with Crippen LogP contribution in [0.25, 0.3) is 0 Å². The van der Waals surface area contributed by atoms with E-state index in [-0.39, 0.29) is 0 Å². The monoisotopic (exact) mass is 261 g/mol. The Morgan fingerprint density at radius 2 is 2.00 bits per heavy atom. The van der Waals surface area contributed by atoms with E-state index in [1.54, 1.807) is 12.1 Å². The molecule has 2 nitrogen and oxygen atoms in total. The van der Waals surface area contributed by atoms with Gasteiger partial charge in [-0.1, -0.05) is 32.4 Å². The van der Waals surface area contributed by atoms with Crippen molar-refractivity contribution in [1.82, 2.24) is 5.32 Å². The molecule has 2 unspecified atom stereocenters. The highest BCUT2D eigenvalue weighted by Crippen LogP contribution is 2.37. The second-order valence-electron chi connectivity index (χ2n) is 6.71. The number of phenolic OH excluding ortho intramolecular Hbond substituents is 1. The van der Waals surface area contributed by atoms with Gasteiger partial charge in [-0.25, -0.2) is 0 Å². The zero-order chi connectivity index (χ0) is 13.9. The van der Waals surface area contributed by atoms with Crippen molar-refractivity contribution in [2.75, 3.05) is 0 Å². The molecule has 0 saturated heterocycles. The standard InChI is InChI=1S/C17H27NO/c1-13(18-16-5-4-12-17(16,2)3)6-7-14-8-10-15(19)11-9-14/h8-11,13,16,18-19H,4-7,12H2,1-3H3. The lowest BCUT2D eigenvalue weighted by molar-refractivity contribution is 0.261. The van der Waals surface area contributed by atoms with Crippen LogP contribution in [0.1, 0.15) is 52.0 Å². The van der Waals surface area contributed by atoms with Crippen molar-refractivity contribution in [3.8, 4) is 5.75 Å². The average Bonchev–Trinajstić information content (AvgIpc) is 2.68. The van der Waals surface area contributed by atoms with Crippen LogP contribution >= 0.6 is 0 Å². The van der Waals surface area contributed by atoms with Gasteiger partial charge >= 0.3 is 0 Å². The fraction of sp³-hybridized carbons (Fsp3) is 0.647. The second kappa shape index (κ2) is 5.96. The van der Waals surface area contributed by atoms with Crippen LogP contribution in [0.4, 0.5) is 0 Å². The minimum absolute atomic E-state index is 0.350. The number of hydrogen-bond acceptors (Lipinski definition) is 2. The van der Waals surface area contributed by atoms with Crippen LogP contribution in [0.15, 0.2) is 24.3 Å². The zero-order valence-electron chi connectivity index (χ0n) is 12.4. The summed E-state index contributed by atoms with van der Waals surface area (Å²) in [5, 5.41) is 13.1. The Labute approximate surface area is 117 Å². The normalized spacial score (nSPS) is 23.4. The van der Waals surface area contributed by atoms with Crippen LogP contribution in [0, 0.1) is 5.41 Å². The maximum atomic E-state index is 9.27. The Balaban J connectivity index is 1.78. The second-order valence-corrected chi connectivity index (χ2v) is 6.71.